The van der Waals surface area contributed by atoms with Gasteiger partial charge in [-0.05, 0) is 48.0 Å². The van der Waals surface area contributed by atoms with Crippen LogP contribution in [0.1, 0.15) is 18.1 Å². The van der Waals surface area contributed by atoms with Crippen LogP contribution in [0.2, 0.25) is 5.02 Å². The number of benzene rings is 2. The number of rotatable bonds is 4. The molecule has 0 aliphatic rings. The van der Waals surface area contributed by atoms with Crippen LogP contribution in [0.15, 0.2) is 48.5 Å². The van der Waals surface area contributed by atoms with Crippen LogP contribution in [-0.2, 0) is 13.0 Å². The van der Waals surface area contributed by atoms with Gasteiger partial charge in [0.05, 0.1) is 0 Å². The second-order valence-electron chi connectivity index (χ2n) is 4.44. The first-order chi connectivity index (χ1) is 9.69. The van der Waals surface area contributed by atoms with Crippen molar-refractivity contribution in [3.8, 4) is 0 Å². The van der Waals surface area contributed by atoms with E-state index in [1.54, 1.807) is 0 Å². The van der Waals surface area contributed by atoms with Crippen molar-refractivity contribution in [1.29, 1.82) is 0 Å². The van der Waals surface area contributed by atoms with Gasteiger partial charge >= 0.3 is 0 Å². The molecule has 0 saturated heterocycles. The van der Waals surface area contributed by atoms with Gasteiger partial charge in [0.25, 0.3) is 0 Å². The van der Waals surface area contributed by atoms with Crippen LogP contribution < -0.4 is 10.6 Å². The van der Waals surface area contributed by atoms with Gasteiger partial charge in [-0.2, -0.15) is 0 Å². The number of hydrogen-bond donors (Lipinski definition) is 2. The maximum absolute atomic E-state index is 5.86. The predicted molar refractivity (Wildman–Crippen MR) is 90.3 cm³/mol. The number of anilines is 1. The first kappa shape index (κ1) is 14.8. The fourth-order valence-electron chi connectivity index (χ4n) is 1.90. The highest BCUT2D eigenvalue weighted by molar-refractivity contribution is 7.80. The molecule has 0 heterocycles. The molecule has 0 aliphatic heterocycles. The minimum Gasteiger partial charge on any atom is -0.358 e. The maximum Gasteiger partial charge on any atom is 0.171 e. The zero-order valence-electron chi connectivity index (χ0n) is 11.3. The van der Waals surface area contributed by atoms with E-state index in [-0.39, 0.29) is 0 Å². The summed E-state index contributed by atoms with van der Waals surface area (Å²) >= 11 is 11.2. The molecule has 0 atom stereocenters. The Morgan fingerprint density at radius 1 is 1.10 bits per heavy atom. The summed E-state index contributed by atoms with van der Waals surface area (Å²) in [4.78, 5) is 0. The molecule has 0 unspecified atom stereocenters. The Labute approximate surface area is 130 Å². The van der Waals surface area contributed by atoms with Crippen molar-refractivity contribution in [3.05, 3.63) is 64.7 Å². The molecule has 2 rings (SSSR count). The molecule has 104 valence electrons. The lowest BCUT2D eigenvalue weighted by atomic mass is 10.1. The largest absolute Gasteiger partial charge is 0.358 e. The molecule has 0 aromatic heterocycles. The highest BCUT2D eigenvalue weighted by Gasteiger charge is 2.02. The minimum atomic E-state index is 0.626. The van der Waals surface area contributed by atoms with Crippen LogP contribution in [-0.4, -0.2) is 5.11 Å². The summed E-state index contributed by atoms with van der Waals surface area (Å²) in [5.74, 6) is 0. The van der Waals surface area contributed by atoms with E-state index in [1.165, 1.54) is 5.56 Å². The molecule has 0 spiro atoms. The second-order valence-corrected chi connectivity index (χ2v) is 5.29. The lowest BCUT2D eigenvalue weighted by Crippen LogP contribution is -2.28. The Balaban J connectivity index is 1.91. The van der Waals surface area contributed by atoms with Gasteiger partial charge in [-0.3, -0.25) is 0 Å². The number of hydrogen-bond acceptors (Lipinski definition) is 1. The Hall–Kier alpha value is -1.58. The molecule has 0 bridgehead atoms. The van der Waals surface area contributed by atoms with Crippen molar-refractivity contribution in [1.82, 2.24) is 5.32 Å². The van der Waals surface area contributed by atoms with Crippen LogP contribution in [0.5, 0.6) is 0 Å². The molecule has 2 nitrogen and oxygen atoms in total. The molecule has 0 amide bonds. The van der Waals surface area contributed by atoms with E-state index in [0.717, 1.165) is 22.7 Å². The quantitative estimate of drug-likeness (QED) is 0.819. The topological polar surface area (TPSA) is 24.1 Å². The molecule has 0 fully saturated rings. The van der Waals surface area contributed by atoms with Crippen LogP contribution in [0.3, 0.4) is 0 Å². The molecule has 0 saturated carbocycles. The minimum absolute atomic E-state index is 0.626. The number of aryl methyl sites for hydroxylation is 1. The molecule has 0 aliphatic carbocycles. The predicted octanol–water partition coefficient (Wildman–Crippen LogP) is 4.39. The van der Waals surface area contributed by atoms with Gasteiger partial charge < -0.3 is 10.6 Å². The molecule has 2 aromatic carbocycles. The summed E-state index contributed by atoms with van der Waals surface area (Å²) in [5.41, 5.74) is 3.45. The third-order valence-electron chi connectivity index (χ3n) is 3.01. The van der Waals surface area contributed by atoms with Crippen LogP contribution in [0, 0.1) is 0 Å². The normalized spacial score (nSPS) is 10.1. The van der Waals surface area contributed by atoms with Gasteiger partial charge in [-0.25, -0.2) is 0 Å². The van der Waals surface area contributed by atoms with Crippen molar-refractivity contribution >= 4 is 34.6 Å². The average Bonchev–Trinajstić information content (AvgIpc) is 2.47. The lowest BCUT2D eigenvalue weighted by molar-refractivity contribution is 0.925. The average molecular weight is 305 g/mol. The Morgan fingerprint density at radius 2 is 1.80 bits per heavy atom. The molecule has 2 aromatic rings. The van der Waals surface area contributed by atoms with Crippen LogP contribution in [0.4, 0.5) is 5.69 Å². The van der Waals surface area contributed by atoms with E-state index in [1.807, 2.05) is 42.5 Å². The van der Waals surface area contributed by atoms with Crippen molar-refractivity contribution < 1.29 is 0 Å². The highest BCUT2D eigenvalue weighted by atomic mass is 35.5. The third-order valence-corrected chi connectivity index (χ3v) is 3.51. The summed E-state index contributed by atoms with van der Waals surface area (Å²) in [6, 6.07) is 15.9. The summed E-state index contributed by atoms with van der Waals surface area (Å²) in [7, 11) is 0. The first-order valence-electron chi connectivity index (χ1n) is 6.56. The monoisotopic (exact) mass is 304 g/mol. The Morgan fingerprint density at radius 3 is 2.50 bits per heavy atom. The van der Waals surface area contributed by atoms with E-state index in [4.69, 9.17) is 23.8 Å². The molecule has 0 radical (unpaired) electrons. The van der Waals surface area contributed by atoms with Crippen molar-refractivity contribution in [2.75, 3.05) is 5.32 Å². The first-order valence-corrected chi connectivity index (χ1v) is 7.35. The number of halogens is 1. The number of thiocarbonyl (C=S) groups is 1. The van der Waals surface area contributed by atoms with E-state index in [2.05, 4.69) is 23.6 Å². The molecule has 2 N–H and O–H groups in total. The van der Waals surface area contributed by atoms with E-state index < -0.39 is 0 Å². The maximum atomic E-state index is 5.86. The fourth-order valence-corrected chi connectivity index (χ4v) is 2.21. The van der Waals surface area contributed by atoms with Gasteiger partial charge in [-0.15, -0.1) is 0 Å². The van der Waals surface area contributed by atoms with Gasteiger partial charge in [0.2, 0.25) is 0 Å². The third kappa shape index (κ3) is 4.22. The molecule has 4 heteroatoms. The molecular weight excluding hydrogens is 288 g/mol. The van der Waals surface area contributed by atoms with Crippen LogP contribution >= 0.6 is 23.8 Å². The number of nitrogens with one attached hydrogen (secondary N) is 2. The molecular formula is C16H17ClN2S. The van der Waals surface area contributed by atoms with Crippen molar-refractivity contribution in [3.63, 3.8) is 0 Å². The van der Waals surface area contributed by atoms with E-state index >= 15 is 0 Å². The van der Waals surface area contributed by atoms with E-state index in [0.29, 0.717) is 11.7 Å². The Kier molecular flexibility index (Phi) is 5.39. The van der Waals surface area contributed by atoms with Gasteiger partial charge in [0, 0.05) is 17.3 Å². The van der Waals surface area contributed by atoms with Gasteiger partial charge in [0.1, 0.15) is 0 Å². The van der Waals surface area contributed by atoms with E-state index in [9.17, 15) is 0 Å². The summed E-state index contributed by atoms with van der Waals surface area (Å²) in [5, 5.41) is 7.80. The second kappa shape index (κ2) is 7.27. The standard InChI is InChI=1S/C16H17ClN2S/c1-2-13-5-3-4-6-15(13)19-16(20)18-11-12-7-9-14(17)10-8-12/h3-10H,2,11H2,1H3,(H2,18,19,20). The fraction of sp³-hybridized carbons (Fsp3) is 0.188. The molecule has 20 heavy (non-hydrogen) atoms. The van der Waals surface area contributed by atoms with Gasteiger partial charge in [0.15, 0.2) is 5.11 Å². The van der Waals surface area contributed by atoms with Crippen molar-refractivity contribution in [2.24, 2.45) is 0 Å². The lowest BCUT2D eigenvalue weighted by Gasteiger charge is -2.13. The highest BCUT2D eigenvalue weighted by Crippen LogP contribution is 2.15. The van der Waals surface area contributed by atoms with Gasteiger partial charge in [-0.1, -0.05) is 48.9 Å². The van der Waals surface area contributed by atoms with Crippen LogP contribution in [0.25, 0.3) is 0 Å². The SMILES string of the molecule is CCc1ccccc1NC(=S)NCc1ccc(Cl)cc1. The van der Waals surface area contributed by atoms with Crippen molar-refractivity contribution in [2.45, 2.75) is 19.9 Å². The zero-order chi connectivity index (χ0) is 14.4. The number of para-hydroxylation sites is 1. The summed E-state index contributed by atoms with van der Waals surface area (Å²) < 4.78 is 0. The zero-order valence-corrected chi connectivity index (χ0v) is 12.9. The Bertz CT molecular complexity index is 581. The summed E-state index contributed by atoms with van der Waals surface area (Å²) in [6.07, 6.45) is 0.975. The smallest absolute Gasteiger partial charge is 0.171 e. The summed E-state index contributed by atoms with van der Waals surface area (Å²) in [6.45, 7) is 2.81.